The second-order valence-corrected chi connectivity index (χ2v) is 4.26. The molecule has 0 saturated heterocycles. The topological polar surface area (TPSA) is 28.2 Å². The minimum Gasteiger partial charge on any atom is -0.368 e. The highest BCUT2D eigenvalue weighted by atomic mass is 15.1. The zero-order valence-corrected chi connectivity index (χ0v) is 11.2. The van der Waals surface area contributed by atoms with Gasteiger partial charge in [-0.05, 0) is 32.5 Å². The van der Waals surface area contributed by atoms with Crippen LogP contribution in [0.3, 0.4) is 0 Å². The van der Waals surface area contributed by atoms with E-state index in [2.05, 4.69) is 54.7 Å². The Balaban J connectivity index is 2.77. The Labute approximate surface area is 105 Å². The van der Waals surface area contributed by atoms with Gasteiger partial charge in [0, 0.05) is 31.5 Å². The lowest BCUT2D eigenvalue weighted by Gasteiger charge is -2.23. The monoisotopic (exact) mass is 233 g/mol. The van der Waals surface area contributed by atoms with Crippen LogP contribution < -0.4 is 10.2 Å². The predicted octanol–water partition coefficient (Wildman–Crippen LogP) is 2.59. The molecule has 0 saturated carbocycles. The van der Waals surface area contributed by atoms with Crippen molar-refractivity contribution in [2.45, 2.75) is 27.3 Å². The summed E-state index contributed by atoms with van der Waals surface area (Å²) in [7, 11) is 0. The van der Waals surface area contributed by atoms with E-state index in [-0.39, 0.29) is 0 Å². The van der Waals surface area contributed by atoms with Crippen molar-refractivity contribution in [2.24, 2.45) is 0 Å². The maximum absolute atomic E-state index is 4.36. The molecule has 0 bridgehead atoms. The predicted molar refractivity (Wildman–Crippen MR) is 74.3 cm³/mol. The minimum atomic E-state index is 0.828. The summed E-state index contributed by atoms with van der Waals surface area (Å²) in [6.45, 7) is 14.0. The first-order chi connectivity index (χ1) is 8.17. The molecular weight excluding hydrogens is 210 g/mol. The van der Waals surface area contributed by atoms with Crippen LogP contribution in [-0.4, -0.2) is 24.6 Å². The summed E-state index contributed by atoms with van der Waals surface area (Å²) < 4.78 is 0. The standard InChI is InChI=1S/C14H23N3/c1-5-15-10-13-9-14(7-8-16-13)17(6-2)11-12(3)4/h7-9,15H,3,5-6,10-11H2,1-2,4H3. The Hall–Kier alpha value is -1.35. The van der Waals surface area contributed by atoms with Gasteiger partial charge in [0.15, 0.2) is 0 Å². The summed E-state index contributed by atoms with van der Waals surface area (Å²) in [5.74, 6) is 0. The maximum atomic E-state index is 4.36. The Morgan fingerprint density at radius 2 is 2.24 bits per heavy atom. The number of nitrogens with zero attached hydrogens (tertiary/aromatic N) is 2. The minimum absolute atomic E-state index is 0.828. The Bertz CT molecular complexity index is 360. The number of aromatic nitrogens is 1. The highest BCUT2D eigenvalue weighted by molar-refractivity contribution is 5.47. The molecule has 0 amide bonds. The molecule has 0 spiro atoms. The largest absolute Gasteiger partial charge is 0.368 e. The smallest absolute Gasteiger partial charge is 0.0562 e. The zero-order chi connectivity index (χ0) is 12.7. The van der Waals surface area contributed by atoms with Crippen LogP contribution in [0.4, 0.5) is 5.69 Å². The van der Waals surface area contributed by atoms with Gasteiger partial charge in [0.1, 0.15) is 0 Å². The summed E-state index contributed by atoms with van der Waals surface area (Å²) in [6, 6.07) is 4.21. The Morgan fingerprint density at radius 3 is 2.82 bits per heavy atom. The molecule has 1 aromatic rings. The van der Waals surface area contributed by atoms with Crippen LogP contribution in [0.1, 0.15) is 26.5 Å². The number of rotatable bonds is 7. The lowest BCUT2D eigenvalue weighted by Crippen LogP contribution is -2.24. The first kappa shape index (κ1) is 13.7. The van der Waals surface area contributed by atoms with Crippen LogP contribution in [0.5, 0.6) is 0 Å². The van der Waals surface area contributed by atoms with Crippen LogP contribution in [0, 0.1) is 0 Å². The fourth-order valence-electron chi connectivity index (χ4n) is 1.72. The number of nitrogens with one attached hydrogen (secondary N) is 1. The van der Waals surface area contributed by atoms with Crippen molar-refractivity contribution < 1.29 is 0 Å². The Morgan fingerprint density at radius 1 is 1.47 bits per heavy atom. The molecule has 0 fully saturated rings. The van der Waals surface area contributed by atoms with Crippen molar-refractivity contribution in [1.82, 2.24) is 10.3 Å². The van der Waals surface area contributed by atoms with Crippen LogP contribution in [0.2, 0.25) is 0 Å². The molecule has 0 aliphatic rings. The van der Waals surface area contributed by atoms with Crippen molar-refractivity contribution in [3.05, 3.63) is 36.2 Å². The average Bonchev–Trinajstić information content (AvgIpc) is 2.33. The van der Waals surface area contributed by atoms with Crippen LogP contribution >= 0.6 is 0 Å². The van der Waals surface area contributed by atoms with E-state index in [1.54, 1.807) is 0 Å². The van der Waals surface area contributed by atoms with E-state index in [0.717, 1.165) is 31.9 Å². The third-order valence-corrected chi connectivity index (χ3v) is 2.56. The molecule has 0 aliphatic carbocycles. The summed E-state index contributed by atoms with van der Waals surface area (Å²) >= 11 is 0. The molecule has 94 valence electrons. The second kappa shape index (κ2) is 7.07. The van der Waals surface area contributed by atoms with E-state index in [9.17, 15) is 0 Å². The second-order valence-electron chi connectivity index (χ2n) is 4.26. The van der Waals surface area contributed by atoms with Gasteiger partial charge in [-0.2, -0.15) is 0 Å². The summed E-state index contributed by atoms with van der Waals surface area (Å²) in [6.07, 6.45) is 1.88. The molecule has 17 heavy (non-hydrogen) atoms. The van der Waals surface area contributed by atoms with E-state index in [1.165, 1.54) is 11.3 Å². The van der Waals surface area contributed by atoms with Gasteiger partial charge in [-0.15, -0.1) is 0 Å². The third-order valence-electron chi connectivity index (χ3n) is 2.56. The van der Waals surface area contributed by atoms with E-state index in [0.29, 0.717) is 0 Å². The molecule has 1 N–H and O–H groups in total. The lowest BCUT2D eigenvalue weighted by molar-refractivity contribution is 0.710. The van der Waals surface area contributed by atoms with Crippen molar-refractivity contribution in [3.8, 4) is 0 Å². The first-order valence-corrected chi connectivity index (χ1v) is 6.22. The van der Waals surface area contributed by atoms with Crippen molar-refractivity contribution in [3.63, 3.8) is 0 Å². The van der Waals surface area contributed by atoms with Crippen molar-refractivity contribution >= 4 is 5.69 Å². The zero-order valence-electron chi connectivity index (χ0n) is 11.2. The van der Waals surface area contributed by atoms with Gasteiger partial charge in [-0.1, -0.05) is 19.1 Å². The number of anilines is 1. The number of hydrogen-bond acceptors (Lipinski definition) is 3. The molecule has 0 atom stereocenters. The van der Waals surface area contributed by atoms with Gasteiger partial charge >= 0.3 is 0 Å². The highest BCUT2D eigenvalue weighted by Gasteiger charge is 2.05. The summed E-state index contributed by atoms with van der Waals surface area (Å²) in [4.78, 5) is 6.67. The molecule has 1 aromatic heterocycles. The molecule has 1 rings (SSSR count). The van der Waals surface area contributed by atoms with Crippen LogP contribution in [-0.2, 0) is 6.54 Å². The summed E-state index contributed by atoms with van der Waals surface area (Å²) in [5.41, 5.74) is 3.49. The van der Waals surface area contributed by atoms with Gasteiger partial charge in [-0.3, -0.25) is 4.98 Å². The van der Waals surface area contributed by atoms with Gasteiger partial charge < -0.3 is 10.2 Å². The molecule has 3 heteroatoms. The molecule has 0 aromatic carbocycles. The molecule has 1 heterocycles. The highest BCUT2D eigenvalue weighted by Crippen LogP contribution is 2.15. The number of hydrogen-bond donors (Lipinski definition) is 1. The Kier molecular flexibility index (Phi) is 5.70. The summed E-state index contributed by atoms with van der Waals surface area (Å²) in [5, 5.41) is 3.29. The number of pyridine rings is 1. The van der Waals surface area contributed by atoms with Gasteiger partial charge in [0.05, 0.1) is 5.69 Å². The van der Waals surface area contributed by atoms with Crippen molar-refractivity contribution in [2.75, 3.05) is 24.5 Å². The molecule has 0 aliphatic heterocycles. The van der Waals surface area contributed by atoms with E-state index >= 15 is 0 Å². The SMILES string of the molecule is C=C(C)CN(CC)c1ccnc(CNCC)c1. The van der Waals surface area contributed by atoms with Crippen LogP contribution in [0.15, 0.2) is 30.5 Å². The molecule has 3 nitrogen and oxygen atoms in total. The van der Waals surface area contributed by atoms with Crippen molar-refractivity contribution in [1.29, 1.82) is 0 Å². The van der Waals surface area contributed by atoms with Gasteiger partial charge in [0.2, 0.25) is 0 Å². The molecule has 0 unspecified atom stereocenters. The third kappa shape index (κ3) is 4.57. The van der Waals surface area contributed by atoms with Gasteiger partial charge in [-0.25, -0.2) is 0 Å². The first-order valence-electron chi connectivity index (χ1n) is 6.22. The van der Waals surface area contributed by atoms with E-state index in [1.807, 2.05) is 6.20 Å². The normalized spacial score (nSPS) is 10.3. The van der Waals surface area contributed by atoms with E-state index < -0.39 is 0 Å². The fraction of sp³-hybridized carbons (Fsp3) is 0.500. The average molecular weight is 233 g/mol. The fourth-order valence-corrected chi connectivity index (χ4v) is 1.72. The maximum Gasteiger partial charge on any atom is 0.0562 e. The molecular formula is C14H23N3. The van der Waals surface area contributed by atoms with Gasteiger partial charge in [0.25, 0.3) is 0 Å². The lowest BCUT2D eigenvalue weighted by atomic mass is 10.2. The number of likely N-dealkylation sites (N-methyl/N-ethyl adjacent to an activating group) is 1. The quantitative estimate of drug-likeness (QED) is 0.734. The molecule has 0 radical (unpaired) electrons. The van der Waals surface area contributed by atoms with E-state index in [4.69, 9.17) is 0 Å². The van der Waals surface area contributed by atoms with Crippen LogP contribution in [0.25, 0.3) is 0 Å².